The third-order valence-corrected chi connectivity index (χ3v) is 2.49. The van der Waals surface area contributed by atoms with E-state index in [0.29, 0.717) is 0 Å². The van der Waals surface area contributed by atoms with E-state index in [9.17, 15) is 19.7 Å². The number of carbonyl (C=O) groups is 2. The first-order valence-corrected chi connectivity index (χ1v) is 5.98. The molecular formula is C13H15NO6. The summed E-state index contributed by atoms with van der Waals surface area (Å²) < 4.78 is 9.62. The molecule has 0 amide bonds. The Hall–Kier alpha value is -2.44. The molecule has 0 fully saturated rings. The molecule has 0 unspecified atom stereocenters. The van der Waals surface area contributed by atoms with Crippen molar-refractivity contribution < 1.29 is 24.0 Å². The van der Waals surface area contributed by atoms with Crippen LogP contribution in [-0.2, 0) is 9.53 Å². The zero-order valence-electron chi connectivity index (χ0n) is 11.4. The van der Waals surface area contributed by atoms with Crippen LogP contribution in [0.4, 0.5) is 10.5 Å². The van der Waals surface area contributed by atoms with Crippen LogP contribution in [0.25, 0.3) is 0 Å². The Bertz CT molecular complexity index is 508. The van der Waals surface area contributed by atoms with E-state index in [1.54, 1.807) is 13.8 Å². The number of nitrogens with zero attached hydrogens (tertiary/aromatic N) is 1. The molecule has 0 heterocycles. The fraction of sp³-hybridized carbons (Fsp3) is 0.385. The summed E-state index contributed by atoms with van der Waals surface area (Å²) in [6.07, 6.45) is -1.93. The molecule has 1 aromatic carbocycles. The van der Waals surface area contributed by atoms with Crippen LogP contribution in [0.1, 0.15) is 20.8 Å². The van der Waals surface area contributed by atoms with Crippen molar-refractivity contribution in [1.82, 2.24) is 0 Å². The standard InChI is InChI=1S/C13H15NO6/c1-8(2)12(15)9(3)19-13(16)20-11-6-4-10(5-7-11)14(17)18/h4-9H,1-3H3/t9-/m0/s1. The number of hydrogen-bond acceptors (Lipinski definition) is 6. The van der Waals surface area contributed by atoms with Crippen LogP contribution in [-0.4, -0.2) is 23.0 Å². The van der Waals surface area contributed by atoms with E-state index in [1.165, 1.54) is 31.2 Å². The van der Waals surface area contributed by atoms with Crippen molar-refractivity contribution in [2.45, 2.75) is 26.9 Å². The molecule has 7 nitrogen and oxygen atoms in total. The van der Waals surface area contributed by atoms with Crippen molar-refractivity contribution in [2.24, 2.45) is 5.92 Å². The van der Waals surface area contributed by atoms with Crippen LogP contribution in [0.3, 0.4) is 0 Å². The molecule has 0 aromatic heterocycles. The maximum atomic E-state index is 11.5. The zero-order chi connectivity index (χ0) is 15.3. The quantitative estimate of drug-likeness (QED) is 0.356. The highest BCUT2D eigenvalue weighted by Crippen LogP contribution is 2.18. The van der Waals surface area contributed by atoms with E-state index in [1.807, 2.05) is 0 Å². The average molecular weight is 281 g/mol. The lowest BCUT2D eigenvalue weighted by Gasteiger charge is -2.13. The smallest absolute Gasteiger partial charge is 0.423 e. The maximum Gasteiger partial charge on any atom is 0.514 e. The molecule has 0 saturated heterocycles. The highest BCUT2D eigenvalue weighted by atomic mass is 16.7. The lowest BCUT2D eigenvalue weighted by Crippen LogP contribution is -2.29. The minimum absolute atomic E-state index is 0.102. The largest absolute Gasteiger partial charge is 0.514 e. The molecule has 0 aliphatic rings. The van der Waals surface area contributed by atoms with E-state index < -0.39 is 17.2 Å². The molecule has 0 aliphatic heterocycles. The molecule has 0 aliphatic carbocycles. The normalized spacial score (nSPS) is 11.8. The van der Waals surface area contributed by atoms with Crippen LogP contribution in [0.15, 0.2) is 24.3 Å². The number of nitro benzene ring substituents is 1. The summed E-state index contributed by atoms with van der Waals surface area (Å²) in [4.78, 5) is 32.9. The predicted octanol–water partition coefficient (Wildman–Crippen LogP) is 2.72. The van der Waals surface area contributed by atoms with Gasteiger partial charge < -0.3 is 9.47 Å². The van der Waals surface area contributed by atoms with Crippen LogP contribution in [0.5, 0.6) is 5.75 Å². The first kappa shape index (κ1) is 15.6. The van der Waals surface area contributed by atoms with E-state index in [-0.39, 0.29) is 23.1 Å². The average Bonchev–Trinajstić information content (AvgIpc) is 2.37. The van der Waals surface area contributed by atoms with Crippen molar-refractivity contribution in [2.75, 3.05) is 0 Å². The summed E-state index contributed by atoms with van der Waals surface area (Å²) in [6, 6.07) is 4.94. The predicted molar refractivity (Wildman–Crippen MR) is 69.5 cm³/mol. The number of nitro groups is 1. The second kappa shape index (κ2) is 6.65. The maximum absolute atomic E-state index is 11.5. The van der Waals surface area contributed by atoms with Crippen molar-refractivity contribution in [3.63, 3.8) is 0 Å². The van der Waals surface area contributed by atoms with Gasteiger partial charge in [0.2, 0.25) is 0 Å². The van der Waals surface area contributed by atoms with Gasteiger partial charge >= 0.3 is 6.16 Å². The first-order chi connectivity index (χ1) is 9.31. The summed E-state index contributed by atoms with van der Waals surface area (Å²) in [7, 11) is 0. The molecule has 20 heavy (non-hydrogen) atoms. The minimum Gasteiger partial charge on any atom is -0.423 e. The van der Waals surface area contributed by atoms with Gasteiger partial charge in [0.15, 0.2) is 11.9 Å². The number of benzene rings is 1. The number of ether oxygens (including phenoxy) is 2. The second-order valence-corrected chi connectivity index (χ2v) is 4.42. The Morgan fingerprint density at radius 3 is 2.15 bits per heavy atom. The third kappa shape index (κ3) is 4.34. The SMILES string of the molecule is CC(C)C(=O)[C@H](C)OC(=O)Oc1ccc([N+](=O)[O-])cc1. The molecular weight excluding hydrogens is 266 g/mol. The number of ketones is 1. The molecule has 0 saturated carbocycles. The Balaban J connectivity index is 2.58. The second-order valence-electron chi connectivity index (χ2n) is 4.42. The molecule has 0 N–H and O–H groups in total. The van der Waals surface area contributed by atoms with E-state index in [2.05, 4.69) is 0 Å². The van der Waals surface area contributed by atoms with Crippen molar-refractivity contribution in [3.05, 3.63) is 34.4 Å². The minimum atomic E-state index is -1.03. The lowest BCUT2D eigenvalue weighted by atomic mass is 10.1. The molecule has 0 bridgehead atoms. The number of non-ortho nitro benzene ring substituents is 1. The van der Waals surface area contributed by atoms with Gasteiger partial charge in [0.05, 0.1) is 4.92 Å². The fourth-order valence-electron chi connectivity index (χ4n) is 1.43. The van der Waals surface area contributed by atoms with Crippen LogP contribution in [0.2, 0.25) is 0 Å². The summed E-state index contributed by atoms with van der Waals surface area (Å²) in [6.45, 7) is 4.85. The van der Waals surface area contributed by atoms with Gasteiger partial charge in [-0.3, -0.25) is 14.9 Å². The van der Waals surface area contributed by atoms with E-state index in [0.717, 1.165) is 0 Å². The Labute approximate surface area is 115 Å². The topological polar surface area (TPSA) is 95.7 Å². The van der Waals surface area contributed by atoms with Gasteiger partial charge in [-0.2, -0.15) is 0 Å². The number of carbonyl (C=O) groups excluding carboxylic acids is 2. The van der Waals surface area contributed by atoms with Crippen molar-refractivity contribution >= 4 is 17.6 Å². The van der Waals surface area contributed by atoms with Crippen LogP contribution < -0.4 is 4.74 Å². The summed E-state index contributed by atoms with van der Waals surface area (Å²) in [5.41, 5.74) is -0.117. The third-order valence-electron chi connectivity index (χ3n) is 2.49. The number of Topliss-reactive ketones (excluding diaryl/α,β-unsaturated/α-hetero) is 1. The van der Waals surface area contributed by atoms with Gasteiger partial charge in [0.25, 0.3) is 5.69 Å². The Kier molecular flexibility index (Phi) is 5.19. The lowest BCUT2D eigenvalue weighted by molar-refractivity contribution is -0.384. The van der Waals surface area contributed by atoms with Gasteiger partial charge in [-0.15, -0.1) is 0 Å². The van der Waals surface area contributed by atoms with Gasteiger partial charge in [-0.25, -0.2) is 4.79 Å². The number of rotatable bonds is 5. The molecule has 108 valence electrons. The van der Waals surface area contributed by atoms with Gasteiger partial charge in [0, 0.05) is 18.1 Å². The number of hydrogen-bond donors (Lipinski definition) is 0. The van der Waals surface area contributed by atoms with Gasteiger partial charge in [-0.05, 0) is 19.1 Å². The molecule has 7 heteroatoms. The Morgan fingerprint density at radius 1 is 1.15 bits per heavy atom. The highest BCUT2D eigenvalue weighted by Gasteiger charge is 2.21. The van der Waals surface area contributed by atoms with E-state index in [4.69, 9.17) is 9.47 Å². The summed E-state index contributed by atoms with van der Waals surface area (Å²) in [5.74, 6) is -0.368. The molecule has 0 radical (unpaired) electrons. The Morgan fingerprint density at radius 2 is 1.70 bits per heavy atom. The van der Waals surface area contributed by atoms with Crippen LogP contribution in [0, 0.1) is 16.0 Å². The molecule has 1 rings (SSSR count). The fourth-order valence-corrected chi connectivity index (χ4v) is 1.43. The van der Waals surface area contributed by atoms with Crippen molar-refractivity contribution in [1.29, 1.82) is 0 Å². The van der Waals surface area contributed by atoms with E-state index >= 15 is 0 Å². The first-order valence-electron chi connectivity index (χ1n) is 5.98. The highest BCUT2D eigenvalue weighted by molar-refractivity contribution is 5.86. The summed E-state index contributed by atoms with van der Waals surface area (Å²) in [5, 5.41) is 10.5. The zero-order valence-corrected chi connectivity index (χ0v) is 11.4. The van der Waals surface area contributed by atoms with Gasteiger partial charge in [0.1, 0.15) is 5.75 Å². The van der Waals surface area contributed by atoms with Crippen molar-refractivity contribution in [3.8, 4) is 5.75 Å². The van der Waals surface area contributed by atoms with Crippen LogP contribution >= 0.6 is 0 Å². The molecule has 1 atom stereocenters. The molecule has 0 spiro atoms. The monoisotopic (exact) mass is 281 g/mol. The summed E-state index contributed by atoms with van der Waals surface area (Å²) >= 11 is 0. The molecule has 1 aromatic rings. The van der Waals surface area contributed by atoms with Gasteiger partial charge in [-0.1, -0.05) is 13.8 Å².